The minimum absolute atomic E-state index is 0.0837. The average Bonchev–Trinajstić information content (AvgIpc) is 2.59. The van der Waals surface area contributed by atoms with Crippen LogP contribution in [-0.2, 0) is 16.1 Å². The van der Waals surface area contributed by atoms with Gasteiger partial charge in [0.25, 0.3) is 11.5 Å². The number of primary amides is 1. The molecule has 0 bridgehead atoms. The van der Waals surface area contributed by atoms with Crippen LogP contribution in [0.15, 0.2) is 29.1 Å². The summed E-state index contributed by atoms with van der Waals surface area (Å²) in [6, 6.07) is 5.46. The van der Waals surface area contributed by atoms with Crippen molar-refractivity contribution in [3.05, 3.63) is 40.3 Å². The first kappa shape index (κ1) is 19.1. The van der Waals surface area contributed by atoms with Gasteiger partial charge in [-0.2, -0.15) is 5.10 Å². The average molecular weight is 360 g/mol. The lowest BCUT2D eigenvalue weighted by atomic mass is 10.1. The van der Waals surface area contributed by atoms with Crippen molar-refractivity contribution in [1.82, 2.24) is 15.1 Å². The van der Waals surface area contributed by atoms with Crippen molar-refractivity contribution in [3.63, 3.8) is 0 Å². The van der Waals surface area contributed by atoms with Gasteiger partial charge in [0, 0.05) is 11.9 Å². The van der Waals surface area contributed by atoms with E-state index in [9.17, 15) is 19.2 Å². The smallest absolute Gasteiger partial charge is 0.360 e. The number of nitrogens with zero attached hydrogens (tertiary/aromatic N) is 2. The summed E-state index contributed by atoms with van der Waals surface area (Å²) in [5.74, 6) is -2.11. The summed E-state index contributed by atoms with van der Waals surface area (Å²) in [6.45, 7) is 5.28. The molecule has 138 valence electrons. The van der Waals surface area contributed by atoms with Crippen LogP contribution in [0.1, 0.15) is 31.3 Å². The van der Waals surface area contributed by atoms with Crippen molar-refractivity contribution in [2.24, 2.45) is 11.7 Å². The van der Waals surface area contributed by atoms with E-state index >= 15 is 0 Å². The van der Waals surface area contributed by atoms with Crippen LogP contribution in [0, 0.1) is 5.92 Å². The van der Waals surface area contributed by atoms with Gasteiger partial charge in [0.05, 0.1) is 5.39 Å². The molecule has 3 amide bonds. The Labute approximate surface area is 149 Å². The van der Waals surface area contributed by atoms with Crippen molar-refractivity contribution >= 4 is 28.7 Å². The van der Waals surface area contributed by atoms with Crippen molar-refractivity contribution in [1.29, 1.82) is 0 Å². The molecule has 2 rings (SSSR count). The van der Waals surface area contributed by atoms with Gasteiger partial charge in [-0.05, 0) is 18.9 Å². The van der Waals surface area contributed by atoms with E-state index in [1.165, 1.54) is 0 Å². The van der Waals surface area contributed by atoms with E-state index in [-0.39, 0.29) is 17.8 Å². The lowest BCUT2D eigenvalue weighted by molar-refractivity contribution is -0.130. The molecule has 0 aliphatic carbocycles. The lowest BCUT2D eigenvalue weighted by Gasteiger charge is -2.20. The molecule has 1 aromatic heterocycles. The van der Waals surface area contributed by atoms with Crippen LogP contribution in [0.25, 0.3) is 10.8 Å². The second-order valence-electron chi connectivity index (χ2n) is 5.94. The Bertz CT molecular complexity index is 919. The predicted octanol–water partition coefficient (Wildman–Crippen LogP) is 0.793. The van der Waals surface area contributed by atoms with Crippen LogP contribution in [-0.4, -0.2) is 33.8 Å². The number of aryl methyl sites for hydroxylation is 1. The molecule has 9 heteroatoms. The van der Waals surface area contributed by atoms with Gasteiger partial charge in [-0.3, -0.25) is 14.9 Å². The van der Waals surface area contributed by atoms with E-state index in [1.807, 2.05) is 5.32 Å². The van der Waals surface area contributed by atoms with Gasteiger partial charge in [-0.25, -0.2) is 14.3 Å². The number of rotatable bonds is 5. The highest BCUT2D eigenvalue weighted by atomic mass is 16.5. The molecule has 0 saturated heterocycles. The van der Waals surface area contributed by atoms with Crippen LogP contribution >= 0.6 is 0 Å². The fourth-order valence-electron chi connectivity index (χ4n) is 2.46. The molecule has 0 unspecified atom stereocenters. The molecule has 0 fully saturated rings. The summed E-state index contributed by atoms with van der Waals surface area (Å²) in [6.07, 6.45) is -1.24. The minimum atomic E-state index is -1.24. The van der Waals surface area contributed by atoms with Crippen molar-refractivity contribution in [3.8, 4) is 0 Å². The number of hydrogen-bond acceptors (Lipinski definition) is 6. The number of urea groups is 1. The zero-order valence-electron chi connectivity index (χ0n) is 14.7. The summed E-state index contributed by atoms with van der Waals surface area (Å²) in [5.41, 5.74) is 4.53. The Balaban J connectivity index is 2.45. The monoisotopic (exact) mass is 360 g/mol. The van der Waals surface area contributed by atoms with Gasteiger partial charge in [0.2, 0.25) is 0 Å². The van der Waals surface area contributed by atoms with Crippen LogP contribution < -0.4 is 16.6 Å². The molecule has 0 aliphatic rings. The predicted molar refractivity (Wildman–Crippen MR) is 93.4 cm³/mol. The maximum absolute atomic E-state index is 12.6. The van der Waals surface area contributed by atoms with Gasteiger partial charge in [-0.1, -0.05) is 32.0 Å². The Morgan fingerprint density at radius 2 is 1.85 bits per heavy atom. The summed E-state index contributed by atoms with van der Waals surface area (Å²) >= 11 is 0. The Morgan fingerprint density at radius 1 is 1.23 bits per heavy atom. The molecule has 2 aromatic rings. The molecule has 0 aliphatic heterocycles. The fraction of sp³-hybridized carbons (Fsp3) is 0.353. The molecule has 1 aromatic carbocycles. The number of carbonyl (C=O) groups excluding carboxylic acids is 3. The minimum Gasteiger partial charge on any atom is -0.447 e. The Kier molecular flexibility index (Phi) is 5.71. The topological polar surface area (TPSA) is 133 Å². The number of ether oxygens (including phenoxy) is 1. The molecule has 1 heterocycles. The van der Waals surface area contributed by atoms with E-state index in [2.05, 4.69) is 5.10 Å². The summed E-state index contributed by atoms with van der Waals surface area (Å²) < 4.78 is 6.42. The first-order valence-electron chi connectivity index (χ1n) is 8.07. The number of fused-ring (bicyclic) bond motifs is 1. The maximum Gasteiger partial charge on any atom is 0.360 e. The number of nitrogens with one attached hydrogen (secondary N) is 1. The molecule has 9 nitrogen and oxygen atoms in total. The zero-order chi connectivity index (χ0) is 19.4. The highest BCUT2D eigenvalue weighted by molar-refractivity contribution is 6.03. The number of hydrogen-bond donors (Lipinski definition) is 2. The van der Waals surface area contributed by atoms with Crippen LogP contribution in [0.2, 0.25) is 0 Å². The maximum atomic E-state index is 12.6. The summed E-state index contributed by atoms with van der Waals surface area (Å²) in [7, 11) is 0. The standard InChI is InChI=1S/C17H20N4O5/c1-4-21-15(23)11-8-6-5-7-10(11)12(20-21)16(24)26-13(9(2)3)14(22)19-17(18)25/h5-9,13H,4H2,1-3H3,(H3,18,19,22,25)/t13-/m1/s1. The van der Waals surface area contributed by atoms with Crippen LogP contribution in [0.5, 0.6) is 0 Å². The Hall–Kier alpha value is -3.23. The van der Waals surface area contributed by atoms with E-state index < -0.39 is 29.9 Å². The molecular weight excluding hydrogens is 340 g/mol. The van der Waals surface area contributed by atoms with Crippen molar-refractivity contribution in [2.45, 2.75) is 33.4 Å². The fourth-order valence-corrected chi connectivity index (χ4v) is 2.46. The number of esters is 1. The van der Waals surface area contributed by atoms with E-state index in [4.69, 9.17) is 10.5 Å². The van der Waals surface area contributed by atoms with Gasteiger partial charge < -0.3 is 10.5 Å². The molecule has 1 atom stereocenters. The number of aromatic nitrogens is 2. The van der Waals surface area contributed by atoms with Gasteiger partial charge in [-0.15, -0.1) is 0 Å². The Morgan fingerprint density at radius 3 is 2.38 bits per heavy atom. The molecule has 26 heavy (non-hydrogen) atoms. The second kappa shape index (κ2) is 7.77. The summed E-state index contributed by atoms with van der Waals surface area (Å²) in [5, 5.41) is 6.60. The first-order chi connectivity index (χ1) is 12.3. The largest absolute Gasteiger partial charge is 0.447 e. The van der Waals surface area contributed by atoms with Crippen LogP contribution in [0.4, 0.5) is 4.79 Å². The molecule has 0 radical (unpaired) electrons. The number of imide groups is 1. The number of carbonyl (C=O) groups is 3. The first-order valence-corrected chi connectivity index (χ1v) is 8.07. The molecular formula is C17H20N4O5. The zero-order valence-corrected chi connectivity index (χ0v) is 14.7. The highest BCUT2D eigenvalue weighted by Crippen LogP contribution is 2.17. The number of amides is 3. The second-order valence-corrected chi connectivity index (χ2v) is 5.94. The van der Waals surface area contributed by atoms with Gasteiger partial charge >= 0.3 is 12.0 Å². The third-order valence-electron chi connectivity index (χ3n) is 3.70. The van der Waals surface area contributed by atoms with E-state index in [0.717, 1.165) is 4.68 Å². The SMILES string of the molecule is CCn1nc(C(=O)O[C@@H](C(=O)NC(N)=O)C(C)C)c2ccccc2c1=O. The van der Waals surface area contributed by atoms with Crippen LogP contribution in [0.3, 0.4) is 0 Å². The van der Waals surface area contributed by atoms with E-state index in [0.29, 0.717) is 10.8 Å². The van der Waals surface area contributed by atoms with Gasteiger partial charge in [0.1, 0.15) is 0 Å². The number of benzene rings is 1. The summed E-state index contributed by atoms with van der Waals surface area (Å²) in [4.78, 5) is 47.9. The van der Waals surface area contributed by atoms with Gasteiger partial charge in [0.15, 0.2) is 11.8 Å². The molecule has 3 N–H and O–H groups in total. The van der Waals surface area contributed by atoms with Crippen molar-refractivity contribution < 1.29 is 19.1 Å². The van der Waals surface area contributed by atoms with E-state index in [1.54, 1.807) is 45.0 Å². The molecule has 0 spiro atoms. The quantitative estimate of drug-likeness (QED) is 0.757. The highest BCUT2D eigenvalue weighted by Gasteiger charge is 2.29. The third kappa shape index (κ3) is 3.88. The lowest BCUT2D eigenvalue weighted by Crippen LogP contribution is -2.45. The normalized spacial score (nSPS) is 12.0. The number of nitrogens with two attached hydrogens (primary N) is 1. The van der Waals surface area contributed by atoms with Crippen molar-refractivity contribution in [2.75, 3.05) is 0 Å². The third-order valence-corrected chi connectivity index (χ3v) is 3.70. The molecule has 0 saturated carbocycles.